The number of rotatable bonds is 7. The molecular formula is C12H20N4O3. The van der Waals surface area contributed by atoms with E-state index in [1.54, 1.807) is 13.8 Å². The molecule has 0 spiro atoms. The normalized spacial score (nSPS) is 11.3. The second-order valence-electron chi connectivity index (χ2n) is 4.40. The Hall–Kier alpha value is -1.92. The van der Waals surface area contributed by atoms with Crippen LogP contribution >= 0.6 is 0 Å². The minimum absolute atomic E-state index is 0.0176. The fourth-order valence-electron chi connectivity index (χ4n) is 1.80. The Bertz CT molecular complexity index is 452. The Morgan fingerprint density at radius 3 is 2.42 bits per heavy atom. The average molecular weight is 268 g/mol. The first kappa shape index (κ1) is 15.1. The molecule has 0 aliphatic rings. The van der Waals surface area contributed by atoms with Crippen molar-refractivity contribution in [3.8, 4) is 0 Å². The lowest BCUT2D eigenvalue weighted by Crippen LogP contribution is -2.53. The number of carboxylic acids is 1. The first-order chi connectivity index (χ1) is 8.99. The van der Waals surface area contributed by atoms with E-state index < -0.39 is 17.4 Å². The largest absolute Gasteiger partial charge is 0.480 e. The summed E-state index contributed by atoms with van der Waals surface area (Å²) in [6.45, 7) is 5.43. The number of amides is 1. The molecule has 106 valence electrons. The van der Waals surface area contributed by atoms with E-state index >= 15 is 0 Å². The smallest absolute Gasteiger partial charge is 0.329 e. The number of H-pyrrole nitrogens is 1. The van der Waals surface area contributed by atoms with E-state index in [-0.39, 0.29) is 5.82 Å². The van der Waals surface area contributed by atoms with Gasteiger partial charge in [-0.25, -0.2) is 9.78 Å². The molecule has 0 fully saturated rings. The number of hydrogen-bond donors (Lipinski definition) is 3. The monoisotopic (exact) mass is 268 g/mol. The van der Waals surface area contributed by atoms with Crippen LogP contribution in [0.1, 0.15) is 56.5 Å². The van der Waals surface area contributed by atoms with E-state index in [0.29, 0.717) is 25.1 Å². The number of carbonyl (C=O) groups excluding carboxylic acids is 1. The van der Waals surface area contributed by atoms with Crippen LogP contribution in [0.4, 0.5) is 0 Å². The Labute approximate surface area is 111 Å². The van der Waals surface area contributed by atoms with Gasteiger partial charge in [0.2, 0.25) is 5.82 Å². The predicted octanol–water partition coefficient (Wildman–Crippen LogP) is 1.13. The van der Waals surface area contributed by atoms with E-state index in [9.17, 15) is 14.7 Å². The van der Waals surface area contributed by atoms with Crippen molar-refractivity contribution < 1.29 is 14.7 Å². The van der Waals surface area contributed by atoms with Gasteiger partial charge in [-0.1, -0.05) is 20.8 Å². The van der Waals surface area contributed by atoms with Crippen molar-refractivity contribution in [2.24, 2.45) is 0 Å². The summed E-state index contributed by atoms with van der Waals surface area (Å²) in [4.78, 5) is 27.3. The predicted molar refractivity (Wildman–Crippen MR) is 68.8 cm³/mol. The molecule has 19 heavy (non-hydrogen) atoms. The Balaban J connectivity index is 2.84. The molecule has 1 amide bonds. The van der Waals surface area contributed by atoms with Gasteiger partial charge in [0.15, 0.2) is 0 Å². The summed E-state index contributed by atoms with van der Waals surface area (Å²) >= 11 is 0. The zero-order valence-electron chi connectivity index (χ0n) is 11.5. The third-order valence-corrected chi connectivity index (χ3v) is 3.19. The lowest BCUT2D eigenvalue weighted by atomic mass is 9.93. The maximum Gasteiger partial charge on any atom is 0.329 e. The Kier molecular flexibility index (Phi) is 5.02. The number of aromatic nitrogens is 3. The highest BCUT2D eigenvalue weighted by Gasteiger charge is 2.37. The number of aromatic amines is 1. The van der Waals surface area contributed by atoms with Gasteiger partial charge >= 0.3 is 5.97 Å². The van der Waals surface area contributed by atoms with Gasteiger partial charge in [0.05, 0.1) is 0 Å². The number of carboxylic acid groups (broad SMARTS) is 1. The van der Waals surface area contributed by atoms with Crippen molar-refractivity contribution in [3.63, 3.8) is 0 Å². The van der Waals surface area contributed by atoms with Crippen LogP contribution in [0.25, 0.3) is 0 Å². The molecule has 1 aromatic heterocycles. The molecule has 1 rings (SSSR count). The van der Waals surface area contributed by atoms with Crippen LogP contribution in [0, 0.1) is 0 Å². The molecule has 0 saturated heterocycles. The molecule has 0 radical (unpaired) electrons. The molecule has 7 nitrogen and oxygen atoms in total. The number of aryl methyl sites for hydroxylation is 1. The van der Waals surface area contributed by atoms with Crippen molar-refractivity contribution in [3.05, 3.63) is 11.6 Å². The van der Waals surface area contributed by atoms with Crippen LogP contribution in [0.5, 0.6) is 0 Å². The van der Waals surface area contributed by atoms with Crippen LogP contribution in [-0.4, -0.2) is 37.7 Å². The van der Waals surface area contributed by atoms with E-state index in [2.05, 4.69) is 20.5 Å². The Morgan fingerprint density at radius 1 is 1.32 bits per heavy atom. The third kappa shape index (κ3) is 3.30. The van der Waals surface area contributed by atoms with Gasteiger partial charge in [-0.3, -0.25) is 9.89 Å². The summed E-state index contributed by atoms with van der Waals surface area (Å²) in [7, 11) is 0. The summed E-state index contributed by atoms with van der Waals surface area (Å²) in [5.74, 6) is -1.00. The highest BCUT2D eigenvalue weighted by molar-refractivity contribution is 5.95. The number of carbonyl (C=O) groups is 2. The fraction of sp³-hybridized carbons (Fsp3) is 0.667. The standard InChI is InChI=1S/C12H20N4O3/c1-4-7-8-13-9(16-15-8)10(17)14-12(5-2,6-3)11(18)19/h4-7H2,1-3H3,(H,14,17)(H,18,19)(H,13,15,16). The first-order valence-corrected chi connectivity index (χ1v) is 6.46. The highest BCUT2D eigenvalue weighted by Crippen LogP contribution is 2.16. The van der Waals surface area contributed by atoms with Crippen molar-refractivity contribution >= 4 is 11.9 Å². The second kappa shape index (κ2) is 6.31. The number of aliphatic carboxylic acids is 1. The Morgan fingerprint density at radius 2 is 1.95 bits per heavy atom. The van der Waals surface area contributed by atoms with Crippen molar-refractivity contribution in [1.82, 2.24) is 20.5 Å². The van der Waals surface area contributed by atoms with Gasteiger partial charge in [-0.15, -0.1) is 5.10 Å². The second-order valence-corrected chi connectivity index (χ2v) is 4.40. The molecule has 0 unspecified atom stereocenters. The molecule has 0 aliphatic heterocycles. The van der Waals surface area contributed by atoms with Crippen LogP contribution in [0.2, 0.25) is 0 Å². The molecule has 0 saturated carbocycles. The number of hydrogen-bond acceptors (Lipinski definition) is 4. The van der Waals surface area contributed by atoms with Gasteiger partial charge in [0, 0.05) is 6.42 Å². The SMILES string of the molecule is CCCc1nc(C(=O)NC(CC)(CC)C(=O)O)n[nH]1. The molecule has 0 aromatic carbocycles. The topological polar surface area (TPSA) is 108 Å². The summed E-state index contributed by atoms with van der Waals surface area (Å²) in [5.41, 5.74) is -1.26. The molecular weight excluding hydrogens is 248 g/mol. The van der Waals surface area contributed by atoms with Crippen LogP contribution in [-0.2, 0) is 11.2 Å². The minimum atomic E-state index is -1.26. The van der Waals surface area contributed by atoms with Gasteiger partial charge in [-0.05, 0) is 19.3 Å². The number of nitrogens with zero attached hydrogens (tertiary/aromatic N) is 2. The molecule has 7 heteroatoms. The average Bonchev–Trinajstić information content (AvgIpc) is 2.84. The van der Waals surface area contributed by atoms with Crippen molar-refractivity contribution in [2.75, 3.05) is 0 Å². The van der Waals surface area contributed by atoms with Crippen LogP contribution in [0.3, 0.4) is 0 Å². The third-order valence-electron chi connectivity index (χ3n) is 3.19. The van der Waals surface area contributed by atoms with E-state index in [1.165, 1.54) is 0 Å². The zero-order valence-corrected chi connectivity index (χ0v) is 11.5. The lowest BCUT2D eigenvalue weighted by molar-refractivity contribution is -0.144. The van der Waals surface area contributed by atoms with Crippen LogP contribution < -0.4 is 5.32 Å². The quantitative estimate of drug-likeness (QED) is 0.687. The lowest BCUT2D eigenvalue weighted by Gasteiger charge is -2.27. The van der Waals surface area contributed by atoms with Gasteiger partial charge in [-0.2, -0.15) is 0 Å². The number of nitrogens with one attached hydrogen (secondary N) is 2. The fourth-order valence-corrected chi connectivity index (χ4v) is 1.80. The summed E-state index contributed by atoms with van der Waals surface area (Å²) in [6.07, 6.45) is 2.19. The first-order valence-electron chi connectivity index (χ1n) is 6.46. The van der Waals surface area contributed by atoms with E-state index in [4.69, 9.17) is 0 Å². The summed E-state index contributed by atoms with van der Waals surface area (Å²) in [5, 5.41) is 18.2. The van der Waals surface area contributed by atoms with Crippen LogP contribution in [0.15, 0.2) is 0 Å². The van der Waals surface area contributed by atoms with E-state index in [0.717, 1.165) is 6.42 Å². The van der Waals surface area contributed by atoms with E-state index in [1.807, 2.05) is 6.92 Å². The van der Waals surface area contributed by atoms with Crippen molar-refractivity contribution in [1.29, 1.82) is 0 Å². The molecule has 0 atom stereocenters. The maximum atomic E-state index is 12.0. The minimum Gasteiger partial charge on any atom is -0.480 e. The van der Waals surface area contributed by atoms with Gasteiger partial charge in [0.1, 0.15) is 11.4 Å². The summed E-state index contributed by atoms with van der Waals surface area (Å²) < 4.78 is 0. The summed E-state index contributed by atoms with van der Waals surface area (Å²) in [6, 6.07) is 0. The molecule has 3 N–H and O–H groups in total. The maximum absolute atomic E-state index is 12.0. The molecule has 0 aliphatic carbocycles. The highest BCUT2D eigenvalue weighted by atomic mass is 16.4. The molecule has 1 heterocycles. The molecule has 1 aromatic rings. The van der Waals surface area contributed by atoms with Gasteiger partial charge < -0.3 is 10.4 Å². The zero-order chi connectivity index (χ0) is 14.5. The van der Waals surface area contributed by atoms with Gasteiger partial charge in [0.25, 0.3) is 5.91 Å². The molecule has 0 bridgehead atoms. The van der Waals surface area contributed by atoms with Crippen molar-refractivity contribution in [2.45, 2.75) is 52.0 Å².